The summed E-state index contributed by atoms with van der Waals surface area (Å²) in [5.41, 5.74) is 0. The third kappa shape index (κ3) is 1.76. The molecule has 1 heterocycles. The normalized spacial score (nSPS) is 10.2. The van der Waals surface area contributed by atoms with Crippen LogP contribution in [0.2, 0.25) is 0 Å². The number of ether oxygens (including phenoxy) is 1. The van der Waals surface area contributed by atoms with Gasteiger partial charge in [-0.05, 0) is 12.1 Å². The topological polar surface area (TPSA) is 26.3 Å². The van der Waals surface area contributed by atoms with Gasteiger partial charge in [0.15, 0.2) is 5.75 Å². The minimum absolute atomic E-state index is 0.0134. The maximum absolute atomic E-state index is 13.4. The van der Waals surface area contributed by atoms with Gasteiger partial charge in [0.1, 0.15) is 0 Å². The van der Waals surface area contributed by atoms with E-state index in [4.69, 9.17) is 4.74 Å². The van der Waals surface area contributed by atoms with Crippen LogP contribution in [-0.4, -0.2) is 5.97 Å². The van der Waals surface area contributed by atoms with Crippen LogP contribution in [0.1, 0.15) is 0 Å². The first-order chi connectivity index (χ1) is 7.22. The second-order valence-corrected chi connectivity index (χ2v) is 3.83. The number of esters is 1. The predicted molar refractivity (Wildman–Crippen MR) is 57.6 cm³/mol. The van der Waals surface area contributed by atoms with E-state index in [1.165, 1.54) is 0 Å². The van der Waals surface area contributed by atoms with E-state index in [1.807, 2.05) is 0 Å². The molecule has 0 radical (unpaired) electrons. The highest BCUT2D eigenvalue weighted by atomic mass is 32.1. The zero-order valence-corrected chi connectivity index (χ0v) is 8.51. The van der Waals surface area contributed by atoms with Gasteiger partial charge in [-0.15, -0.1) is 11.3 Å². The smallest absolute Gasteiger partial charge is 0.335 e. The van der Waals surface area contributed by atoms with Crippen molar-refractivity contribution >= 4 is 27.4 Å². The number of hydrogen-bond donors (Lipinski definition) is 0. The van der Waals surface area contributed by atoms with E-state index in [0.29, 0.717) is 5.39 Å². The maximum atomic E-state index is 13.4. The molecule has 0 unspecified atom stereocenters. The molecule has 1 aromatic carbocycles. The lowest BCUT2D eigenvalue weighted by Gasteiger charge is -1.98. The molecule has 0 saturated heterocycles. The summed E-state index contributed by atoms with van der Waals surface area (Å²) in [6.07, 6.45) is 1.01. The molecule has 2 aromatic rings. The molecule has 0 saturated carbocycles. The first-order valence-corrected chi connectivity index (χ1v) is 5.05. The van der Waals surface area contributed by atoms with Gasteiger partial charge in [0.2, 0.25) is 5.13 Å². The molecule has 0 aliphatic carbocycles. The predicted octanol–water partition coefficient (Wildman–Crippen LogP) is 3.13. The highest BCUT2D eigenvalue weighted by Crippen LogP contribution is 2.36. The van der Waals surface area contributed by atoms with Crippen molar-refractivity contribution in [1.82, 2.24) is 0 Å². The van der Waals surface area contributed by atoms with Crippen molar-refractivity contribution in [2.45, 2.75) is 0 Å². The van der Waals surface area contributed by atoms with Crippen LogP contribution < -0.4 is 4.74 Å². The molecular weight excluding hydrogens is 215 g/mol. The average Bonchev–Trinajstić information content (AvgIpc) is 2.55. The lowest BCUT2D eigenvalue weighted by atomic mass is 10.2. The SMILES string of the molecule is C=CC(=O)Oc1c(F)sc2ccccc12. The van der Waals surface area contributed by atoms with Crippen LogP contribution in [0.5, 0.6) is 5.75 Å². The maximum Gasteiger partial charge on any atom is 0.335 e. The lowest BCUT2D eigenvalue weighted by molar-refractivity contribution is -0.129. The van der Waals surface area contributed by atoms with Crippen LogP contribution in [0.4, 0.5) is 4.39 Å². The molecule has 15 heavy (non-hydrogen) atoms. The van der Waals surface area contributed by atoms with Gasteiger partial charge in [-0.1, -0.05) is 18.7 Å². The van der Waals surface area contributed by atoms with Crippen LogP contribution in [0.25, 0.3) is 10.1 Å². The number of rotatable bonds is 2. The summed E-state index contributed by atoms with van der Waals surface area (Å²) in [4.78, 5) is 11.0. The summed E-state index contributed by atoms with van der Waals surface area (Å²) in [6.45, 7) is 3.26. The number of carbonyl (C=O) groups excluding carboxylic acids is 1. The Balaban J connectivity index is 2.54. The summed E-state index contributed by atoms with van der Waals surface area (Å²) >= 11 is 0.953. The molecule has 0 fully saturated rings. The molecule has 0 spiro atoms. The van der Waals surface area contributed by atoms with Crippen molar-refractivity contribution in [3.05, 3.63) is 42.1 Å². The van der Waals surface area contributed by atoms with Crippen molar-refractivity contribution < 1.29 is 13.9 Å². The van der Waals surface area contributed by atoms with Crippen LogP contribution in [0.3, 0.4) is 0 Å². The third-order valence-corrected chi connectivity index (χ3v) is 2.82. The van der Waals surface area contributed by atoms with E-state index in [2.05, 4.69) is 6.58 Å². The monoisotopic (exact) mass is 222 g/mol. The first kappa shape index (κ1) is 9.86. The molecule has 0 bridgehead atoms. The van der Waals surface area contributed by atoms with Gasteiger partial charge in [0.25, 0.3) is 0 Å². The molecule has 76 valence electrons. The summed E-state index contributed by atoms with van der Waals surface area (Å²) in [5.74, 6) is -0.669. The fourth-order valence-corrected chi connectivity index (χ4v) is 2.08. The summed E-state index contributed by atoms with van der Waals surface area (Å²) in [7, 11) is 0. The summed E-state index contributed by atoms with van der Waals surface area (Å²) < 4.78 is 19.0. The van der Waals surface area contributed by atoms with Crippen molar-refractivity contribution in [3.63, 3.8) is 0 Å². The van der Waals surface area contributed by atoms with Crippen molar-refractivity contribution in [2.75, 3.05) is 0 Å². The van der Waals surface area contributed by atoms with Crippen molar-refractivity contribution in [1.29, 1.82) is 0 Å². The Labute approximate surface area is 89.6 Å². The number of fused-ring (bicyclic) bond motifs is 1. The Morgan fingerprint density at radius 2 is 2.20 bits per heavy atom. The van der Waals surface area contributed by atoms with Gasteiger partial charge in [0.05, 0.1) is 0 Å². The van der Waals surface area contributed by atoms with Crippen LogP contribution >= 0.6 is 11.3 Å². The number of carbonyl (C=O) groups is 1. The molecular formula is C11H7FO2S. The van der Waals surface area contributed by atoms with Crippen LogP contribution in [-0.2, 0) is 4.79 Å². The van der Waals surface area contributed by atoms with E-state index in [-0.39, 0.29) is 5.75 Å². The highest BCUT2D eigenvalue weighted by molar-refractivity contribution is 7.17. The number of halogens is 1. The quantitative estimate of drug-likeness (QED) is 0.576. The molecule has 2 rings (SSSR count). The van der Waals surface area contributed by atoms with E-state index >= 15 is 0 Å². The second-order valence-electron chi connectivity index (χ2n) is 2.83. The average molecular weight is 222 g/mol. The largest absolute Gasteiger partial charge is 0.419 e. The first-order valence-electron chi connectivity index (χ1n) is 4.23. The van der Waals surface area contributed by atoms with Gasteiger partial charge in [-0.3, -0.25) is 0 Å². The molecule has 0 atom stereocenters. The zero-order chi connectivity index (χ0) is 10.8. The van der Waals surface area contributed by atoms with Crippen molar-refractivity contribution in [2.24, 2.45) is 0 Å². The number of thiophene rings is 1. The molecule has 0 aliphatic rings. The Morgan fingerprint density at radius 3 is 2.93 bits per heavy atom. The Morgan fingerprint density at radius 1 is 1.47 bits per heavy atom. The molecule has 2 nitrogen and oxygen atoms in total. The fraction of sp³-hybridized carbons (Fsp3) is 0. The Hall–Kier alpha value is -1.68. The van der Waals surface area contributed by atoms with Gasteiger partial charge >= 0.3 is 5.97 Å². The molecule has 0 N–H and O–H groups in total. The van der Waals surface area contributed by atoms with Gasteiger partial charge in [-0.25, -0.2) is 4.79 Å². The van der Waals surface area contributed by atoms with Crippen LogP contribution in [0, 0.1) is 5.13 Å². The van der Waals surface area contributed by atoms with Gasteiger partial charge < -0.3 is 4.74 Å². The third-order valence-electron chi connectivity index (χ3n) is 1.88. The van der Waals surface area contributed by atoms with E-state index in [0.717, 1.165) is 22.1 Å². The van der Waals surface area contributed by atoms with E-state index < -0.39 is 11.1 Å². The number of hydrogen-bond acceptors (Lipinski definition) is 3. The summed E-state index contributed by atoms with van der Waals surface area (Å²) in [5, 5.41) is 0.113. The Kier molecular flexibility index (Phi) is 2.51. The van der Waals surface area contributed by atoms with Crippen LogP contribution in [0.15, 0.2) is 36.9 Å². The zero-order valence-electron chi connectivity index (χ0n) is 7.70. The standard InChI is InChI=1S/C11H7FO2S/c1-2-9(13)14-10-7-5-3-4-6-8(7)15-11(10)12/h2-6H,1H2. The van der Waals surface area contributed by atoms with E-state index in [9.17, 15) is 9.18 Å². The number of benzene rings is 1. The minimum Gasteiger partial charge on any atom is -0.419 e. The minimum atomic E-state index is -0.655. The molecule has 0 amide bonds. The molecule has 0 aliphatic heterocycles. The van der Waals surface area contributed by atoms with E-state index in [1.54, 1.807) is 24.3 Å². The highest BCUT2D eigenvalue weighted by Gasteiger charge is 2.14. The Bertz CT molecular complexity index is 530. The van der Waals surface area contributed by atoms with Crippen molar-refractivity contribution in [3.8, 4) is 5.75 Å². The summed E-state index contributed by atoms with van der Waals surface area (Å²) in [6, 6.07) is 7.05. The lowest BCUT2D eigenvalue weighted by Crippen LogP contribution is -2.03. The van der Waals surface area contributed by atoms with Gasteiger partial charge in [-0.2, -0.15) is 4.39 Å². The second kappa shape index (κ2) is 3.82. The fourth-order valence-electron chi connectivity index (χ4n) is 1.23. The molecule has 1 aromatic heterocycles. The van der Waals surface area contributed by atoms with Gasteiger partial charge in [0, 0.05) is 16.2 Å². The molecule has 4 heteroatoms.